The summed E-state index contributed by atoms with van der Waals surface area (Å²) >= 11 is 5.85. The number of aryl methyl sites for hydroxylation is 1. The van der Waals surface area contributed by atoms with Gasteiger partial charge in [0, 0.05) is 20.2 Å². The molecule has 0 aliphatic carbocycles. The maximum Gasteiger partial charge on any atom is 0.226 e. The molecule has 0 atom stereocenters. The lowest BCUT2D eigenvalue weighted by molar-refractivity contribution is 0.283. The summed E-state index contributed by atoms with van der Waals surface area (Å²) < 4.78 is 1.86. The van der Waals surface area contributed by atoms with Crippen LogP contribution in [0.1, 0.15) is 19.3 Å². The Balaban J connectivity index is 2.09. The minimum absolute atomic E-state index is 0.194. The van der Waals surface area contributed by atoms with Crippen LogP contribution in [0.25, 0.3) is 11.2 Å². The van der Waals surface area contributed by atoms with Gasteiger partial charge < -0.3 is 15.0 Å². The minimum Gasteiger partial charge on any atom is -0.396 e. The van der Waals surface area contributed by atoms with Crippen molar-refractivity contribution in [2.24, 2.45) is 7.05 Å². The van der Waals surface area contributed by atoms with Crippen molar-refractivity contribution < 1.29 is 5.11 Å². The maximum absolute atomic E-state index is 8.70. The van der Waals surface area contributed by atoms with Crippen LogP contribution in [0.15, 0.2) is 6.33 Å². The lowest BCUT2D eigenvalue weighted by Gasteiger charge is -2.07. The van der Waals surface area contributed by atoms with E-state index in [9.17, 15) is 0 Å². The molecule has 2 aromatic rings. The van der Waals surface area contributed by atoms with Crippen LogP contribution in [0.3, 0.4) is 0 Å². The molecule has 6 nitrogen and oxygen atoms in total. The van der Waals surface area contributed by atoms with Crippen LogP contribution in [0, 0.1) is 0 Å². The summed E-state index contributed by atoms with van der Waals surface area (Å²) in [5.74, 6) is 0.703. The standard InChI is InChI=1S/C11H16ClN5O/c1-17-7-14-10-8(17)9(15-11(12)16-10)13-5-3-2-4-6-18/h7,18H,2-6H2,1H3,(H,13,15,16). The number of nitrogens with one attached hydrogen (secondary N) is 1. The Bertz CT molecular complexity index is 527. The van der Waals surface area contributed by atoms with Crippen molar-refractivity contribution in [3.8, 4) is 0 Å². The van der Waals surface area contributed by atoms with Gasteiger partial charge in [0.05, 0.1) is 6.33 Å². The fourth-order valence-electron chi connectivity index (χ4n) is 1.77. The van der Waals surface area contributed by atoms with Gasteiger partial charge in [0.25, 0.3) is 0 Å². The molecule has 0 aliphatic heterocycles. The van der Waals surface area contributed by atoms with Crippen molar-refractivity contribution in [2.75, 3.05) is 18.5 Å². The number of aliphatic hydroxyl groups excluding tert-OH is 1. The van der Waals surface area contributed by atoms with Crippen LogP contribution in [-0.4, -0.2) is 37.8 Å². The second-order valence-corrected chi connectivity index (χ2v) is 4.42. The van der Waals surface area contributed by atoms with Gasteiger partial charge in [-0.15, -0.1) is 0 Å². The first-order valence-electron chi connectivity index (χ1n) is 5.91. The third-order valence-corrected chi connectivity index (χ3v) is 2.84. The highest BCUT2D eigenvalue weighted by molar-refractivity contribution is 6.28. The number of hydrogen-bond acceptors (Lipinski definition) is 5. The number of nitrogens with zero attached hydrogens (tertiary/aromatic N) is 4. The van der Waals surface area contributed by atoms with Crippen LogP contribution in [0.5, 0.6) is 0 Å². The Morgan fingerprint density at radius 2 is 2.17 bits per heavy atom. The quantitative estimate of drug-likeness (QED) is 0.615. The van der Waals surface area contributed by atoms with Crippen LogP contribution in [0.2, 0.25) is 5.28 Å². The highest BCUT2D eigenvalue weighted by Gasteiger charge is 2.10. The van der Waals surface area contributed by atoms with Crippen LogP contribution in [0.4, 0.5) is 5.82 Å². The van der Waals surface area contributed by atoms with E-state index in [-0.39, 0.29) is 11.9 Å². The zero-order valence-corrected chi connectivity index (χ0v) is 11.0. The molecule has 7 heteroatoms. The molecule has 0 fully saturated rings. The first kappa shape index (κ1) is 13.0. The Hall–Kier alpha value is -1.40. The normalized spacial score (nSPS) is 11.1. The number of aliphatic hydroxyl groups is 1. The molecule has 2 N–H and O–H groups in total. The van der Waals surface area contributed by atoms with Crippen LogP contribution >= 0.6 is 11.6 Å². The molecule has 0 saturated heterocycles. The minimum atomic E-state index is 0.194. The third kappa shape index (κ3) is 2.88. The molecule has 2 rings (SSSR count). The van der Waals surface area contributed by atoms with Gasteiger partial charge in [-0.25, -0.2) is 4.98 Å². The number of halogens is 1. The second kappa shape index (κ2) is 5.97. The van der Waals surface area contributed by atoms with Gasteiger partial charge in [0.15, 0.2) is 11.5 Å². The van der Waals surface area contributed by atoms with Crippen molar-refractivity contribution in [1.82, 2.24) is 19.5 Å². The van der Waals surface area contributed by atoms with Gasteiger partial charge in [-0.2, -0.15) is 9.97 Å². The van der Waals surface area contributed by atoms with Gasteiger partial charge in [-0.05, 0) is 30.9 Å². The van der Waals surface area contributed by atoms with Crippen molar-refractivity contribution in [2.45, 2.75) is 19.3 Å². The topological polar surface area (TPSA) is 75.9 Å². The first-order chi connectivity index (χ1) is 8.72. The number of unbranched alkanes of at least 4 members (excludes halogenated alkanes) is 2. The Morgan fingerprint density at radius 1 is 1.33 bits per heavy atom. The first-order valence-corrected chi connectivity index (χ1v) is 6.29. The largest absolute Gasteiger partial charge is 0.396 e. The third-order valence-electron chi connectivity index (χ3n) is 2.67. The van der Waals surface area contributed by atoms with Crippen LogP contribution in [-0.2, 0) is 7.05 Å². The average Bonchev–Trinajstić information content (AvgIpc) is 2.70. The highest BCUT2D eigenvalue weighted by Crippen LogP contribution is 2.20. The SMILES string of the molecule is Cn1cnc2nc(Cl)nc(NCCCCCO)c21. The molecule has 0 unspecified atom stereocenters. The molecular formula is C11H16ClN5O. The number of aromatic nitrogens is 4. The molecule has 2 heterocycles. The van der Waals surface area contributed by atoms with Gasteiger partial charge in [0.2, 0.25) is 5.28 Å². The van der Waals surface area contributed by atoms with Crippen molar-refractivity contribution >= 4 is 28.6 Å². The van der Waals surface area contributed by atoms with Gasteiger partial charge in [-0.1, -0.05) is 0 Å². The lowest BCUT2D eigenvalue weighted by Crippen LogP contribution is -2.06. The Labute approximate surface area is 110 Å². The molecule has 0 spiro atoms. The molecule has 0 aliphatic rings. The smallest absolute Gasteiger partial charge is 0.226 e. The van der Waals surface area contributed by atoms with E-state index in [1.807, 2.05) is 11.6 Å². The van der Waals surface area contributed by atoms with Gasteiger partial charge >= 0.3 is 0 Å². The fourth-order valence-corrected chi connectivity index (χ4v) is 1.94. The number of hydrogen-bond donors (Lipinski definition) is 2. The molecule has 2 aromatic heterocycles. The molecule has 0 aromatic carbocycles. The molecule has 0 radical (unpaired) electrons. The summed E-state index contributed by atoms with van der Waals surface area (Å²) in [5, 5.41) is 12.1. The van der Waals surface area contributed by atoms with E-state index in [0.29, 0.717) is 11.5 Å². The number of fused-ring (bicyclic) bond motifs is 1. The van der Waals surface area contributed by atoms with E-state index in [1.54, 1.807) is 6.33 Å². The van der Waals surface area contributed by atoms with Crippen molar-refractivity contribution in [3.63, 3.8) is 0 Å². The number of anilines is 1. The highest BCUT2D eigenvalue weighted by atomic mass is 35.5. The molecule has 0 bridgehead atoms. The summed E-state index contributed by atoms with van der Waals surface area (Å²) in [5.41, 5.74) is 1.44. The maximum atomic E-state index is 8.70. The molecule has 0 amide bonds. The van der Waals surface area contributed by atoms with Crippen molar-refractivity contribution in [3.05, 3.63) is 11.6 Å². The zero-order valence-electron chi connectivity index (χ0n) is 10.2. The summed E-state index contributed by atoms with van der Waals surface area (Å²) in [4.78, 5) is 12.4. The van der Waals surface area contributed by atoms with E-state index in [0.717, 1.165) is 31.3 Å². The molecule has 98 valence electrons. The number of rotatable bonds is 6. The molecular weight excluding hydrogens is 254 g/mol. The predicted molar refractivity (Wildman–Crippen MR) is 70.7 cm³/mol. The summed E-state index contributed by atoms with van der Waals surface area (Å²) in [7, 11) is 1.89. The summed E-state index contributed by atoms with van der Waals surface area (Å²) in [6, 6.07) is 0. The van der Waals surface area contributed by atoms with Crippen molar-refractivity contribution in [1.29, 1.82) is 0 Å². The zero-order chi connectivity index (χ0) is 13.0. The Morgan fingerprint density at radius 3 is 2.94 bits per heavy atom. The second-order valence-electron chi connectivity index (χ2n) is 4.08. The number of imidazole rings is 1. The summed E-state index contributed by atoms with van der Waals surface area (Å²) in [6.45, 7) is 1.03. The predicted octanol–water partition coefficient (Wildman–Crippen LogP) is 1.59. The van der Waals surface area contributed by atoms with E-state index in [1.165, 1.54) is 0 Å². The van der Waals surface area contributed by atoms with Gasteiger partial charge in [-0.3, -0.25) is 0 Å². The Kier molecular flexibility index (Phi) is 4.33. The molecule has 18 heavy (non-hydrogen) atoms. The van der Waals surface area contributed by atoms with E-state index in [2.05, 4.69) is 20.3 Å². The lowest BCUT2D eigenvalue weighted by atomic mass is 10.2. The van der Waals surface area contributed by atoms with E-state index >= 15 is 0 Å². The van der Waals surface area contributed by atoms with Crippen LogP contribution < -0.4 is 5.32 Å². The summed E-state index contributed by atoms with van der Waals surface area (Å²) in [6.07, 6.45) is 4.47. The van der Waals surface area contributed by atoms with Gasteiger partial charge in [0.1, 0.15) is 5.52 Å². The average molecular weight is 270 g/mol. The monoisotopic (exact) mass is 269 g/mol. The van der Waals surface area contributed by atoms with E-state index in [4.69, 9.17) is 16.7 Å². The molecule has 0 saturated carbocycles. The van der Waals surface area contributed by atoms with E-state index < -0.39 is 0 Å². The fraction of sp³-hybridized carbons (Fsp3) is 0.545.